The monoisotopic (exact) mass is 263 g/mol. The van der Waals surface area contributed by atoms with Gasteiger partial charge in [0, 0.05) is 12.2 Å². The van der Waals surface area contributed by atoms with Gasteiger partial charge in [-0.05, 0) is 32.3 Å². The van der Waals surface area contributed by atoms with Gasteiger partial charge in [0.05, 0.1) is 17.7 Å². The molecule has 1 aromatic rings. The predicted molar refractivity (Wildman–Crippen MR) is 76.0 cm³/mol. The summed E-state index contributed by atoms with van der Waals surface area (Å²) in [7, 11) is 0. The smallest absolute Gasteiger partial charge is 0.158 e. The van der Waals surface area contributed by atoms with E-state index in [1.165, 1.54) is 6.42 Å². The molecule has 0 saturated heterocycles. The Morgan fingerprint density at radius 3 is 2.63 bits per heavy atom. The Balaban J connectivity index is 2.11. The molecule has 0 amide bonds. The fourth-order valence-electron chi connectivity index (χ4n) is 2.91. The van der Waals surface area contributed by atoms with Crippen molar-refractivity contribution in [1.29, 1.82) is 0 Å². The van der Waals surface area contributed by atoms with E-state index >= 15 is 0 Å². The number of aryl methyl sites for hydroxylation is 2. The molecular weight excluding hydrogens is 238 g/mol. The molecule has 4 heteroatoms. The molecule has 0 unspecified atom stereocenters. The van der Waals surface area contributed by atoms with Gasteiger partial charge in [-0.15, -0.1) is 0 Å². The van der Waals surface area contributed by atoms with Crippen LogP contribution in [-0.4, -0.2) is 21.1 Å². The highest BCUT2D eigenvalue weighted by molar-refractivity contribution is 5.89. The molecule has 1 fully saturated rings. The summed E-state index contributed by atoms with van der Waals surface area (Å²) in [6, 6.07) is 2.05. The highest BCUT2D eigenvalue weighted by Crippen LogP contribution is 2.27. The summed E-state index contributed by atoms with van der Waals surface area (Å²) in [5.41, 5.74) is 7.78. The van der Waals surface area contributed by atoms with Crippen LogP contribution in [0, 0.1) is 0 Å². The Labute approximate surface area is 115 Å². The van der Waals surface area contributed by atoms with Gasteiger partial charge in [-0.3, -0.25) is 9.48 Å². The normalized spacial score (nSPS) is 18.5. The largest absolute Gasteiger partial charge is 0.319 e. The summed E-state index contributed by atoms with van der Waals surface area (Å²) in [6.07, 6.45) is 6.38. The summed E-state index contributed by atoms with van der Waals surface area (Å²) in [4.78, 5) is 12.5. The third-order valence-electron chi connectivity index (χ3n) is 4.22. The third-order valence-corrected chi connectivity index (χ3v) is 4.22. The lowest BCUT2D eigenvalue weighted by Crippen LogP contribution is -2.50. The first-order chi connectivity index (χ1) is 9.09. The number of nitrogens with zero attached hydrogens (tertiary/aromatic N) is 2. The molecule has 0 radical (unpaired) electrons. The first kappa shape index (κ1) is 14.3. The number of hydrogen-bond acceptors (Lipinski definition) is 3. The van der Waals surface area contributed by atoms with E-state index in [1.54, 1.807) is 0 Å². The van der Waals surface area contributed by atoms with Crippen molar-refractivity contribution in [3.63, 3.8) is 0 Å². The van der Waals surface area contributed by atoms with Gasteiger partial charge in [0.25, 0.3) is 0 Å². The molecule has 1 aromatic heterocycles. The summed E-state index contributed by atoms with van der Waals surface area (Å²) in [5.74, 6) is 0.185. The van der Waals surface area contributed by atoms with Crippen molar-refractivity contribution in [2.24, 2.45) is 5.73 Å². The molecular formula is C15H25N3O. The van der Waals surface area contributed by atoms with Crippen molar-refractivity contribution in [3.05, 3.63) is 17.5 Å². The van der Waals surface area contributed by atoms with Gasteiger partial charge in [0.15, 0.2) is 5.78 Å². The van der Waals surface area contributed by atoms with Crippen LogP contribution < -0.4 is 5.73 Å². The fourth-order valence-corrected chi connectivity index (χ4v) is 2.91. The average molecular weight is 263 g/mol. The second-order valence-corrected chi connectivity index (χ2v) is 5.61. The van der Waals surface area contributed by atoms with E-state index in [0.717, 1.165) is 50.0 Å². The maximum absolute atomic E-state index is 12.5. The molecule has 1 saturated carbocycles. The zero-order valence-electron chi connectivity index (χ0n) is 12.1. The van der Waals surface area contributed by atoms with Crippen molar-refractivity contribution in [2.75, 3.05) is 0 Å². The SMILES string of the molecule is CCc1cc(CC(=O)C2(N)CCCCC2)n(CC)n1. The molecule has 0 bridgehead atoms. The van der Waals surface area contributed by atoms with Gasteiger partial charge in [0.1, 0.15) is 0 Å². The molecule has 2 N–H and O–H groups in total. The molecule has 19 heavy (non-hydrogen) atoms. The van der Waals surface area contributed by atoms with Crippen molar-refractivity contribution in [3.8, 4) is 0 Å². The lowest BCUT2D eigenvalue weighted by molar-refractivity contribution is -0.124. The zero-order valence-corrected chi connectivity index (χ0v) is 12.1. The number of aromatic nitrogens is 2. The summed E-state index contributed by atoms with van der Waals surface area (Å²) < 4.78 is 1.93. The van der Waals surface area contributed by atoms with Crippen LogP contribution >= 0.6 is 0 Å². The number of carbonyl (C=O) groups is 1. The number of hydrogen-bond donors (Lipinski definition) is 1. The first-order valence-corrected chi connectivity index (χ1v) is 7.47. The van der Waals surface area contributed by atoms with Crippen LogP contribution in [0.15, 0.2) is 6.07 Å². The van der Waals surface area contributed by atoms with E-state index in [-0.39, 0.29) is 5.78 Å². The minimum absolute atomic E-state index is 0.185. The quantitative estimate of drug-likeness (QED) is 0.886. The number of nitrogens with two attached hydrogens (primary N) is 1. The second-order valence-electron chi connectivity index (χ2n) is 5.61. The van der Waals surface area contributed by atoms with E-state index in [4.69, 9.17) is 5.73 Å². The van der Waals surface area contributed by atoms with Crippen molar-refractivity contribution in [1.82, 2.24) is 9.78 Å². The van der Waals surface area contributed by atoms with Crippen molar-refractivity contribution in [2.45, 2.75) is 70.9 Å². The molecule has 106 valence electrons. The Morgan fingerprint density at radius 1 is 1.37 bits per heavy atom. The minimum atomic E-state index is -0.590. The summed E-state index contributed by atoms with van der Waals surface area (Å²) in [5, 5.41) is 4.49. The van der Waals surface area contributed by atoms with E-state index in [9.17, 15) is 4.79 Å². The van der Waals surface area contributed by atoms with Crippen molar-refractivity contribution < 1.29 is 4.79 Å². The first-order valence-electron chi connectivity index (χ1n) is 7.47. The van der Waals surface area contributed by atoms with Crippen LogP contribution in [0.3, 0.4) is 0 Å². The molecule has 1 aliphatic carbocycles. The van der Waals surface area contributed by atoms with Gasteiger partial charge < -0.3 is 5.73 Å². The van der Waals surface area contributed by atoms with Crippen molar-refractivity contribution >= 4 is 5.78 Å². The molecule has 0 atom stereocenters. The van der Waals surface area contributed by atoms with Crippen LogP contribution in [0.5, 0.6) is 0 Å². The van der Waals surface area contributed by atoms with Gasteiger partial charge >= 0.3 is 0 Å². The lowest BCUT2D eigenvalue weighted by Gasteiger charge is -2.31. The maximum atomic E-state index is 12.5. The highest BCUT2D eigenvalue weighted by Gasteiger charge is 2.35. The number of rotatable bonds is 5. The topological polar surface area (TPSA) is 60.9 Å². The maximum Gasteiger partial charge on any atom is 0.158 e. The minimum Gasteiger partial charge on any atom is -0.319 e. The highest BCUT2D eigenvalue weighted by atomic mass is 16.1. The van der Waals surface area contributed by atoms with E-state index < -0.39 is 5.54 Å². The average Bonchev–Trinajstić information content (AvgIpc) is 2.82. The van der Waals surface area contributed by atoms with E-state index in [2.05, 4.69) is 18.9 Å². The molecule has 0 aromatic carbocycles. The van der Waals surface area contributed by atoms with Crippen LogP contribution in [0.2, 0.25) is 0 Å². The molecule has 2 rings (SSSR count). The molecule has 0 spiro atoms. The van der Waals surface area contributed by atoms with Gasteiger partial charge in [0.2, 0.25) is 0 Å². The molecule has 1 aliphatic rings. The number of ketones is 1. The van der Waals surface area contributed by atoms with E-state index in [0.29, 0.717) is 6.42 Å². The Hall–Kier alpha value is -1.16. The lowest BCUT2D eigenvalue weighted by atomic mass is 9.78. The standard InChI is InChI=1S/C15H25N3O/c1-3-12-10-13(18(4-2)17-12)11-14(19)15(16)8-6-5-7-9-15/h10H,3-9,11,16H2,1-2H3. The van der Waals surface area contributed by atoms with Crippen LogP contribution in [0.25, 0.3) is 0 Å². The molecule has 1 heterocycles. The third kappa shape index (κ3) is 3.06. The van der Waals surface area contributed by atoms with E-state index in [1.807, 2.05) is 10.7 Å². The predicted octanol–water partition coefficient (Wildman–Crippen LogP) is 2.24. The Kier molecular flexibility index (Phi) is 4.40. The number of Topliss-reactive ketones (excluding diaryl/α,β-unsaturated/α-hetero) is 1. The number of carbonyl (C=O) groups excluding carboxylic acids is 1. The van der Waals surface area contributed by atoms with Gasteiger partial charge in [-0.1, -0.05) is 26.2 Å². The summed E-state index contributed by atoms with van der Waals surface area (Å²) >= 11 is 0. The van der Waals surface area contributed by atoms with Gasteiger partial charge in [-0.25, -0.2) is 0 Å². The molecule has 0 aliphatic heterocycles. The van der Waals surface area contributed by atoms with Crippen LogP contribution in [0.1, 0.15) is 57.3 Å². The summed E-state index contributed by atoms with van der Waals surface area (Å²) in [6.45, 7) is 4.94. The zero-order chi connectivity index (χ0) is 13.9. The van der Waals surface area contributed by atoms with Gasteiger partial charge in [-0.2, -0.15) is 5.10 Å². The Bertz CT molecular complexity index is 444. The second kappa shape index (κ2) is 5.87. The van der Waals surface area contributed by atoms with Crippen LogP contribution in [-0.2, 0) is 24.2 Å². The Morgan fingerprint density at radius 2 is 2.05 bits per heavy atom. The fraction of sp³-hybridized carbons (Fsp3) is 0.733. The molecule has 4 nitrogen and oxygen atoms in total. The van der Waals surface area contributed by atoms with Crippen LogP contribution in [0.4, 0.5) is 0 Å².